The van der Waals surface area contributed by atoms with Crippen molar-refractivity contribution in [2.45, 2.75) is 166 Å². The zero-order valence-electron chi connectivity index (χ0n) is 39.6. The number of methoxy groups -OCH3 is 1. The summed E-state index contributed by atoms with van der Waals surface area (Å²) in [6.07, 6.45) is 7.77. The normalized spacial score (nSPS) is 35.8. The van der Waals surface area contributed by atoms with Gasteiger partial charge in [-0.1, -0.05) is 29.4 Å². The number of carbonyl (C=O) groups is 2. The van der Waals surface area contributed by atoms with Crippen LogP contribution >= 0.6 is 0 Å². The van der Waals surface area contributed by atoms with Crippen LogP contribution in [-0.4, -0.2) is 109 Å². The molecule has 1 aromatic carbocycles. The number of esters is 1. The SMILES string of the molecule is COC(=O)/C(C)=C\CC12OC(C)(C)C3CC(C1=O)C1C4=C(Nc5ncnn51)c1c(O[C@@H]5O[C@@H]6COC(C)(C)O[C@H]6[C@H](O)[C@H]5O)c5c(c(CC=C(C)C)c1OC432)OC(C)(CCC=C(C)C)C=C5. The molecule has 1 spiro atoms. The fourth-order valence-electron chi connectivity index (χ4n) is 11.9. The minimum Gasteiger partial charge on any atom is -0.482 e. The number of hydrogen-bond donors (Lipinski definition) is 3. The molecule has 16 nitrogen and oxygen atoms in total. The minimum atomic E-state index is -1.60. The third-order valence-electron chi connectivity index (χ3n) is 15.0. The summed E-state index contributed by atoms with van der Waals surface area (Å²) in [5.74, 6) is -1.04. The number of rotatable bonds is 10. The lowest BCUT2D eigenvalue weighted by molar-refractivity contribution is -0.373. The number of aliphatic hydroxyl groups excluding tert-OH is 2. The van der Waals surface area contributed by atoms with Crippen molar-refractivity contribution in [3.05, 3.63) is 69.6 Å². The Kier molecular flexibility index (Phi) is 10.5. The number of allylic oxidation sites excluding steroid dienone is 4. The molecule has 3 saturated carbocycles. The summed E-state index contributed by atoms with van der Waals surface area (Å²) in [4.78, 5) is 33.2. The predicted molar refractivity (Wildman–Crippen MR) is 240 cm³/mol. The zero-order chi connectivity index (χ0) is 47.0. The van der Waals surface area contributed by atoms with Gasteiger partial charge >= 0.3 is 5.97 Å². The first-order valence-corrected chi connectivity index (χ1v) is 23.1. The largest absolute Gasteiger partial charge is 0.482 e. The molecule has 16 heteroatoms. The smallest absolute Gasteiger partial charge is 0.333 e. The summed E-state index contributed by atoms with van der Waals surface area (Å²) >= 11 is 0. The van der Waals surface area contributed by atoms with E-state index >= 15 is 4.79 Å². The number of benzene rings is 1. The molecule has 3 saturated heterocycles. The highest BCUT2D eigenvalue weighted by Gasteiger charge is 2.84. The number of carbonyl (C=O) groups excluding carboxylic acids is 2. The maximum atomic E-state index is 15.6. The number of anilines is 1. The Morgan fingerprint density at radius 3 is 2.50 bits per heavy atom. The highest BCUT2D eigenvalue weighted by molar-refractivity contribution is 6.02. The third kappa shape index (κ3) is 6.52. The molecule has 2 aromatic rings. The van der Waals surface area contributed by atoms with Crippen LogP contribution in [0.25, 0.3) is 11.8 Å². The number of Topliss-reactive ketones (excluding diaryl/α,β-unsaturated/α-hetero) is 1. The molecule has 6 fully saturated rings. The van der Waals surface area contributed by atoms with Gasteiger partial charge in [0.15, 0.2) is 22.8 Å². The monoisotopic (exact) mass is 910 g/mol. The number of aromatic nitrogens is 3. The van der Waals surface area contributed by atoms with E-state index in [0.717, 1.165) is 17.6 Å². The number of ether oxygens (including phenoxy) is 8. The lowest BCUT2D eigenvalue weighted by Crippen LogP contribution is -2.75. The Bertz CT molecular complexity index is 2560. The number of hydrogen-bond acceptors (Lipinski definition) is 15. The molecule has 3 N–H and O–H groups in total. The third-order valence-corrected chi connectivity index (χ3v) is 15.0. The van der Waals surface area contributed by atoms with Crippen LogP contribution in [0.15, 0.2) is 52.9 Å². The predicted octanol–water partition coefficient (Wildman–Crippen LogP) is 6.46. The Morgan fingerprint density at radius 1 is 1.02 bits per heavy atom. The van der Waals surface area contributed by atoms with E-state index in [-0.39, 0.29) is 30.5 Å². The minimum absolute atomic E-state index is 0.0228. The van der Waals surface area contributed by atoms with Crippen LogP contribution in [0.1, 0.15) is 118 Å². The van der Waals surface area contributed by atoms with Crippen LogP contribution in [0.2, 0.25) is 0 Å². The Labute approximate surface area is 385 Å². The molecule has 354 valence electrons. The molecule has 6 unspecified atom stereocenters. The van der Waals surface area contributed by atoms with Gasteiger partial charge in [0.1, 0.15) is 53.6 Å². The van der Waals surface area contributed by atoms with E-state index in [0.29, 0.717) is 64.7 Å². The first-order chi connectivity index (χ1) is 31.2. The average molecular weight is 911 g/mol. The van der Waals surface area contributed by atoms with Crippen molar-refractivity contribution in [1.82, 2.24) is 14.8 Å². The van der Waals surface area contributed by atoms with Crippen LogP contribution < -0.4 is 19.5 Å². The van der Waals surface area contributed by atoms with Crippen molar-refractivity contribution in [3.63, 3.8) is 0 Å². The van der Waals surface area contributed by atoms with Crippen LogP contribution in [-0.2, 0) is 39.7 Å². The van der Waals surface area contributed by atoms with Gasteiger partial charge < -0.3 is 53.4 Å². The molecular formula is C50H62N4O12. The molecule has 0 radical (unpaired) electrons. The van der Waals surface area contributed by atoms with Gasteiger partial charge in [-0.15, -0.1) is 0 Å². The van der Waals surface area contributed by atoms with Crippen LogP contribution in [0.5, 0.6) is 17.2 Å². The second-order valence-electron chi connectivity index (χ2n) is 20.8. The highest BCUT2D eigenvalue weighted by Crippen LogP contribution is 2.74. The van der Waals surface area contributed by atoms with Crippen molar-refractivity contribution in [2.24, 2.45) is 11.8 Å². The maximum absolute atomic E-state index is 15.6. The fraction of sp³-hybridized carbons (Fsp3) is 0.600. The van der Waals surface area contributed by atoms with E-state index in [9.17, 15) is 15.0 Å². The molecule has 7 heterocycles. The van der Waals surface area contributed by atoms with Gasteiger partial charge in [0, 0.05) is 35.0 Å². The fourth-order valence-corrected chi connectivity index (χ4v) is 11.9. The Morgan fingerprint density at radius 2 is 1.77 bits per heavy atom. The van der Waals surface area contributed by atoms with E-state index in [1.165, 1.54) is 19.0 Å². The molecular weight excluding hydrogens is 849 g/mol. The number of ketones is 1. The Balaban J connectivity index is 1.24. The maximum Gasteiger partial charge on any atom is 0.333 e. The van der Waals surface area contributed by atoms with Gasteiger partial charge in [-0.3, -0.25) is 4.79 Å². The lowest BCUT2D eigenvalue weighted by atomic mass is 9.47. The van der Waals surface area contributed by atoms with Gasteiger partial charge in [-0.05, 0) is 107 Å². The van der Waals surface area contributed by atoms with Gasteiger partial charge in [0.2, 0.25) is 12.2 Å². The van der Waals surface area contributed by atoms with Gasteiger partial charge in [0.05, 0.1) is 42.2 Å². The summed E-state index contributed by atoms with van der Waals surface area (Å²) in [5, 5.41) is 31.9. The second-order valence-corrected chi connectivity index (χ2v) is 20.8. The molecule has 6 aliphatic heterocycles. The van der Waals surface area contributed by atoms with Crippen molar-refractivity contribution in [3.8, 4) is 17.2 Å². The van der Waals surface area contributed by atoms with E-state index in [2.05, 4.69) is 36.3 Å². The second kappa shape index (κ2) is 15.3. The van der Waals surface area contributed by atoms with Crippen molar-refractivity contribution >= 4 is 29.5 Å². The first-order valence-electron chi connectivity index (χ1n) is 23.1. The Hall–Kier alpha value is -4.84. The van der Waals surface area contributed by atoms with E-state index in [1.54, 1.807) is 31.5 Å². The number of fused-ring (bicyclic) bond motifs is 5. The van der Waals surface area contributed by atoms with E-state index in [4.69, 9.17) is 43.0 Å². The average Bonchev–Trinajstić information content (AvgIpc) is 3.78. The van der Waals surface area contributed by atoms with Gasteiger partial charge in [0.25, 0.3) is 0 Å². The van der Waals surface area contributed by atoms with Crippen LogP contribution in [0.3, 0.4) is 0 Å². The van der Waals surface area contributed by atoms with E-state index in [1.807, 2.05) is 46.8 Å². The summed E-state index contributed by atoms with van der Waals surface area (Å²) in [5.41, 5.74) is 1.04. The standard InChI is InChI=1S/C50H62N4O12/c1-24(2)13-12-18-48(10)19-17-28-38(64-48)27(15-14-25(3)4)40-32(39(28)62-44-37(56)36(55)41-30(61-44)22-60-47(8,9)63-41)34-33-35(54-45(53-34)51-23-52-54)29-21-31-46(6,7)66-49(42(29)57,50(31,33)65-40)20-16-26(5)43(58)59-11/h13-14,16-17,19,23,29-31,35-37,41,44,55-56H,12,15,18,20-22H2,1-11H3,(H,51,52,53)/b26-16-/t29?,30-,31?,35?,36-,37-,41-,44+,48?,49?,50?/m1/s1. The molecule has 4 bridgehead atoms. The number of nitrogens with one attached hydrogen (secondary N) is 1. The molecule has 66 heavy (non-hydrogen) atoms. The lowest BCUT2D eigenvalue weighted by Gasteiger charge is -2.62. The summed E-state index contributed by atoms with van der Waals surface area (Å²) in [6, 6.07) is -0.624. The quantitative estimate of drug-likeness (QED) is 0.134. The molecule has 1 aromatic heterocycles. The first kappa shape index (κ1) is 45.0. The van der Waals surface area contributed by atoms with Crippen LogP contribution in [0, 0.1) is 11.8 Å². The molecule has 11 rings (SSSR count). The summed E-state index contributed by atoms with van der Waals surface area (Å²) in [6.45, 7) is 19.5. The molecule has 11 atom stereocenters. The highest BCUT2D eigenvalue weighted by atomic mass is 16.8. The molecule has 3 aliphatic carbocycles. The summed E-state index contributed by atoms with van der Waals surface area (Å²) < 4.78 is 54.7. The van der Waals surface area contributed by atoms with Crippen LogP contribution in [0.4, 0.5) is 5.95 Å². The molecule has 9 aliphatic rings. The van der Waals surface area contributed by atoms with Crippen molar-refractivity contribution in [1.29, 1.82) is 0 Å². The molecule has 0 amide bonds. The summed E-state index contributed by atoms with van der Waals surface area (Å²) in [7, 11) is 1.33. The zero-order valence-corrected chi connectivity index (χ0v) is 39.6. The van der Waals surface area contributed by atoms with Crippen molar-refractivity contribution < 1.29 is 57.7 Å². The van der Waals surface area contributed by atoms with Gasteiger partial charge in [-0.25, -0.2) is 9.48 Å². The van der Waals surface area contributed by atoms with E-state index < -0.39 is 76.8 Å². The number of nitrogens with zero attached hydrogens (tertiary/aromatic N) is 3. The topological polar surface area (TPSA) is 191 Å². The number of aliphatic hydroxyl groups is 2. The van der Waals surface area contributed by atoms with Crippen molar-refractivity contribution in [2.75, 3.05) is 19.0 Å². The van der Waals surface area contributed by atoms with Gasteiger partial charge in [-0.2, -0.15) is 10.1 Å².